The first kappa shape index (κ1) is 16.3. The van der Waals surface area contributed by atoms with Crippen molar-refractivity contribution in [2.75, 3.05) is 20.3 Å². The summed E-state index contributed by atoms with van der Waals surface area (Å²) in [6, 6.07) is 5.44. The summed E-state index contributed by atoms with van der Waals surface area (Å²) in [7, 11) is 1.58. The Kier molecular flexibility index (Phi) is 7.50. The van der Waals surface area contributed by atoms with Gasteiger partial charge in [-0.3, -0.25) is 0 Å². The standard InChI is InChI=1S/C15H23NO4/c1-12(16-18)13-7-8-14(15(11-13)19-2)20-10-6-4-3-5-9-17/h7-8,11,17-18H,3-6,9-10H2,1-2H3/b16-12+. The Hall–Kier alpha value is -1.75. The van der Waals surface area contributed by atoms with Crippen LogP contribution in [-0.4, -0.2) is 36.3 Å². The van der Waals surface area contributed by atoms with Gasteiger partial charge in [0.1, 0.15) is 0 Å². The number of benzene rings is 1. The van der Waals surface area contributed by atoms with Crippen LogP contribution in [-0.2, 0) is 0 Å². The average molecular weight is 281 g/mol. The van der Waals surface area contributed by atoms with Gasteiger partial charge < -0.3 is 19.8 Å². The van der Waals surface area contributed by atoms with Crippen molar-refractivity contribution in [2.45, 2.75) is 32.6 Å². The fourth-order valence-electron chi connectivity index (χ4n) is 1.82. The molecule has 112 valence electrons. The molecule has 0 radical (unpaired) electrons. The number of nitrogens with zero attached hydrogens (tertiary/aromatic N) is 1. The lowest BCUT2D eigenvalue weighted by Crippen LogP contribution is -2.01. The highest BCUT2D eigenvalue weighted by Crippen LogP contribution is 2.28. The predicted molar refractivity (Wildman–Crippen MR) is 78.0 cm³/mol. The van der Waals surface area contributed by atoms with Gasteiger partial charge in [-0.15, -0.1) is 0 Å². The Morgan fingerprint density at radius 1 is 1.15 bits per heavy atom. The fourth-order valence-corrected chi connectivity index (χ4v) is 1.82. The van der Waals surface area contributed by atoms with Gasteiger partial charge >= 0.3 is 0 Å². The molecule has 0 bridgehead atoms. The maximum Gasteiger partial charge on any atom is 0.161 e. The second-order valence-electron chi connectivity index (χ2n) is 4.54. The molecule has 1 aromatic carbocycles. The maximum atomic E-state index is 8.76. The van der Waals surface area contributed by atoms with Crippen LogP contribution in [0, 0.1) is 0 Å². The molecule has 0 saturated heterocycles. The zero-order valence-corrected chi connectivity index (χ0v) is 12.1. The number of aliphatic hydroxyl groups is 1. The van der Waals surface area contributed by atoms with Gasteiger partial charge in [-0.25, -0.2) is 0 Å². The molecule has 0 saturated carbocycles. The number of rotatable bonds is 9. The predicted octanol–water partition coefficient (Wildman–Crippen LogP) is 2.82. The van der Waals surface area contributed by atoms with E-state index in [0.717, 1.165) is 31.2 Å². The van der Waals surface area contributed by atoms with E-state index in [0.29, 0.717) is 23.8 Å². The summed E-state index contributed by atoms with van der Waals surface area (Å²) in [5, 5.41) is 20.6. The average Bonchev–Trinajstić information content (AvgIpc) is 2.50. The lowest BCUT2D eigenvalue weighted by atomic mass is 10.1. The van der Waals surface area contributed by atoms with E-state index in [1.807, 2.05) is 12.1 Å². The molecule has 5 nitrogen and oxygen atoms in total. The molecular formula is C15H23NO4. The number of unbranched alkanes of at least 4 members (excludes halogenated alkanes) is 3. The Balaban J connectivity index is 2.53. The fraction of sp³-hybridized carbons (Fsp3) is 0.533. The number of oxime groups is 1. The zero-order chi connectivity index (χ0) is 14.8. The van der Waals surface area contributed by atoms with Crippen LogP contribution in [0.1, 0.15) is 38.2 Å². The van der Waals surface area contributed by atoms with Crippen molar-refractivity contribution in [3.63, 3.8) is 0 Å². The van der Waals surface area contributed by atoms with Crippen LogP contribution in [0.2, 0.25) is 0 Å². The summed E-state index contributed by atoms with van der Waals surface area (Å²) in [6.07, 6.45) is 3.85. The molecule has 0 aliphatic heterocycles. The molecule has 1 aromatic rings. The monoisotopic (exact) mass is 281 g/mol. The molecule has 0 aliphatic carbocycles. The summed E-state index contributed by atoms with van der Waals surface area (Å²) in [5.41, 5.74) is 1.32. The van der Waals surface area contributed by atoms with Crippen molar-refractivity contribution >= 4 is 5.71 Å². The molecule has 1 rings (SSSR count). The van der Waals surface area contributed by atoms with Gasteiger partial charge in [-0.05, 0) is 44.4 Å². The van der Waals surface area contributed by atoms with E-state index >= 15 is 0 Å². The molecule has 0 fully saturated rings. The van der Waals surface area contributed by atoms with Gasteiger partial charge in [-0.1, -0.05) is 11.6 Å². The van der Waals surface area contributed by atoms with Gasteiger partial charge in [0.15, 0.2) is 11.5 Å². The molecule has 0 spiro atoms. The second kappa shape index (κ2) is 9.20. The van der Waals surface area contributed by atoms with Crippen molar-refractivity contribution in [3.05, 3.63) is 23.8 Å². The third kappa shape index (κ3) is 5.09. The van der Waals surface area contributed by atoms with Crippen LogP contribution in [0.5, 0.6) is 11.5 Å². The van der Waals surface area contributed by atoms with Crippen molar-refractivity contribution in [2.24, 2.45) is 5.16 Å². The van der Waals surface area contributed by atoms with Crippen molar-refractivity contribution in [1.29, 1.82) is 0 Å². The van der Waals surface area contributed by atoms with E-state index in [9.17, 15) is 0 Å². The smallest absolute Gasteiger partial charge is 0.161 e. The molecule has 5 heteroatoms. The minimum absolute atomic E-state index is 0.252. The largest absolute Gasteiger partial charge is 0.493 e. The van der Waals surface area contributed by atoms with E-state index in [1.165, 1.54) is 0 Å². The number of methoxy groups -OCH3 is 1. The Bertz CT molecular complexity index is 432. The summed E-state index contributed by atoms with van der Waals surface area (Å²) in [6.45, 7) is 2.59. The van der Waals surface area contributed by atoms with Crippen LogP contribution >= 0.6 is 0 Å². The SMILES string of the molecule is COc1cc(/C(C)=N/O)ccc1OCCCCCCO. The zero-order valence-electron chi connectivity index (χ0n) is 12.1. The minimum Gasteiger partial charge on any atom is -0.493 e. The van der Waals surface area contributed by atoms with Gasteiger partial charge in [0, 0.05) is 12.2 Å². The van der Waals surface area contributed by atoms with E-state index < -0.39 is 0 Å². The number of aliphatic hydroxyl groups excluding tert-OH is 1. The van der Waals surface area contributed by atoms with Crippen molar-refractivity contribution in [1.82, 2.24) is 0 Å². The lowest BCUT2D eigenvalue weighted by Gasteiger charge is -2.12. The third-order valence-corrected chi connectivity index (χ3v) is 3.04. The number of ether oxygens (including phenoxy) is 2. The highest BCUT2D eigenvalue weighted by atomic mass is 16.5. The summed E-state index contributed by atoms with van der Waals surface area (Å²) < 4.78 is 11.0. The normalized spacial score (nSPS) is 11.4. The Morgan fingerprint density at radius 2 is 1.90 bits per heavy atom. The van der Waals surface area contributed by atoms with E-state index in [-0.39, 0.29) is 6.61 Å². The van der Waals surface area contributed by atoms with E-state index in [2.05, 4.69) is 5.16 Å². The van der Waals surface area contributed by atoms with Gasteiger partial charge in [0.05, 0.1) is 19.4 Å². The highest BCUT2D eigenvalue weighted by molar-refractivity contribution is 5.98. The minimum atomic E-state index is 0.252. The molecule has 0 atom stereocenters. The molecule has 20 heavy (non-hydrogen) atoms. The quantitative estimate of drug-likeness (QED) is 0.316. The molecule has 0 heterocycles. The van der Waals surface area contributed by atoms with Crippen molar-refractivity contribution < 1.29 is 19.8 Å². The first-order chi connectivity index (χ1) is 9.72. The topological polar surface area (TPSA) is 71.3 Å². The molecular weight excluding hydrogens is 258 g/mol. The van der Waals surface area contributed by atoms with Crippen LogP contribution in [0.15, 0.2) is 23.4 Å². The van der Waals surface area contributed by atoms with Crippen LogP contribution in [0.25, 0.3) is 0 Å². The molecule has 0 unspecified atom stereocenters. The number of hydrogen-bond acceptors (Lipinski definition) is 5. The van der Waals surface area contributed by atoms with E-state index in [4.69, 9.17) is 19.8 Å². The van der Waals surface area contributed by atoms with Crippen LogP contribution < -0.4 is 9.47 Å². The van der Waals surface area contributed by atoms with Crippen LogP contribution in [0.4, 0.5) is 0 Å². The molecule has 2 N–H and O–H groups in total. The number of hydrogen-bond donors (Lipinski definition) is 2. The Morgan fingerprint density at radius 3 is 2.55 bits per heavy atom. The lowest BCUT2D eigenvalue weighted by molar-refractivity contribution is 0.268. The Labute approximate surface area is 119 Å². The maximum absolute atomic E-state index is 8.76. The molecule has 0 aliphatic rings. The van der Waals surface area contributed by atoms with Crippen LogP contribution in [0.3, 0.4) is 0 Å². The van der Waals surface area contributed by atoms with Gasteiger partial charge in [0.25, 0.3) is 0 Å². The molecule has 0 amide bonds. The third-order valence-electron chi connectivity index (χ3n) is 3.04. The summed E-state index contributed by atoms with van der Waals surface area (Å²) in [5.74, 6) is 1.31. The van der Waals surface area contributed by atoms with Crippen molar-refractivity contribution in [3.8, 4) is 11.5 Å². The van der Waals surface area contributed by atoms with Gasteiger partial charge in [-0.2, -0.15) is 0 Å². The second-order valence-corrected chi connectivity index (χ2v) is 4.54. The molecule has 0 aromatic heterocycles. The van der Waals surface area contributed by atoms with Gasteiger partial charge in [0.2, 0.25) is 0 Å². The summed E-state index contributed by atoms with van der Waals surface area (Å²) >= 11 is 0. The highest BCUT2D eigenvalue weighted by Gasteiger charge is 2.07. The summed E-state index contributed by atoms with van der Waals surface area (Å²) in [4.78, 5) is 0. The first-order valence-corrected chi connectivity index (χ1v) is 6.83. The first-order valence-electron chi connectivity index (χ1n) is 6.83. The van der Waals surface area contributed by atoms with E-state index in [1.54, 1.807) is 20.1 Å².